The van der Waals surface area contributed by atoms with Gasteiger partial charge in [0.1, 0.15) is 0 Å². The molecule has 1 aromatic rings. The molecule has 6 heteroatoms. The summed E-state index contributed by atoms with van der Waals surface area (Å²) in [4.78, 5) is 0. The third-order valence-corrected chi connectivity index (χ3v) is 3.73. The summed E-state index contributed by atoms with van der Waals surface area (Å²) in [6.07, 6.45) is 1.48. The summed E-state index contributed by atoms with van der Waals surface area (Å²) in [7, 11) is 0. The first-order valence-electron chi connectivity index (χ1n) is 6.74. The van der Waals surface area contributed by atoms with Crippen LogP contribution in [0, 0.1) is 12.8 Å². The Hall–Kier alpha value is -1.04. The molecule has 0 atom stereocenters. The molecule has 0 saturated heterocycles. The van der Waals surface area contributed by atoms with Crippen LogP contribution in [0.4, 0.5) is 13.2 Å². The number of nitrogens with one attached hydrogen (secondary N) is 1. The summed E-state index contributed by atoms with van der Waals surface area (Å²) in [6, 6.07) is 0.218. The summed E-state index contributed by atoms with van der Waals surface area (Å²) in [5.74, 6) is -1.10. The van der Waals surface area contributed by atoms with Gasteiger partial charge in [-0.25, -0.2) is 0 Å². The zero-order valence-corrected chi connectivity index (χ0v) is 11.1. The first-order valence-corrected chi connectivity index (χ1v) is 6.74. The number of nitrogens with zero attached hydrogens (tertiary/aromatic N) is 2. The van der Waals surface area contributed by atoms with Gasteiger partial charge in [-0.3, -0.25) is 4.68 Å². The Kier molecular flexibility index (Phi) is 4.50. The second kappa shape index (κ2) is 5.94. The van der Waals surface area contributed by atoms with Crippen LogP contribution in [-0.2, 0) is 6.54 Å². The van der Waals surface area contributed by atoms with Gasteiger partial charge in [0.05, 0.1) is 18.7 Å². The van der Waals surface area contributed by atoms with E-state index in [1.54, 1.807) is 6.20 Å². The highest BCUT2D eigenvalue weighted by Crippen LogP contribution is 2.37. The minimum Gasteiger partial charge on any atom is -0.312 e. The van der Waals surface area contributed by atoms with Crippen LogP contribution in [0.25, 0.3) is 0 Å². The SMILES string of the molecule is Cc1cnn(CCNC2CCC(C(F)(F)F)CC2)c1. The van der Waals surface area contributed by atoms with Crippen LogP contribution in [-0.4, -0.2) is 28.5 Å². The van der Waals surface area contributed by atoms with Crippen LogP contribution in [0.15, 0.2) is 12.4 Å². The molecule has 108 valence electrons. The average molecular weight is 275 g/mol. The summed E-state index contributed by atoms with van der Waals surface area (Å²) < 4.78 is 39.4. The van der Waals surface area contributed by atoms with E-state index in [2.05, 4.69) is 10.4 Å². The van der Waals surface area contributed by atoms with Crippen LogP contribution < -0.4 is 5.32 Å². The van der Waals surface area contributed by atoms with Crippen LogP contribution in [0.5, 0.6) is 0 Å². The molecule has 1 aromatic heterocycles. The van der Waals surface area contributed by atoms with Crippen molar-refractivity contribution < 1.29 is 13.2 Å². The normalized spacial score (nSPS) is 24.6. The fourth-order valence-corrected chi connectivity index (χ4v) is 2.60. The monoisotopic (exact) mass is 275 g/mol. The quantitative estimate of drug-likeness (QED) is 0.915. The topological polar surface area (TPSA) is 29.9 Å². The molecule has 1 aliphatic carbocycles. The van der Waals surface area contributed by atoms with Crippen molar-refractivity contribution in [2.45, 2.75) is 51.4 Å². The van der Waals surface area contributed by atoms with Gasteiger partial charge in [-0.2, -0.15) is 18.3 Å². The Balaban J connectivity index is 1.66. The lowest BCUT2D eigenvalue weighted by Crippen LogP contribution is -2.38. The maximum atomic E-state index is 12.5. The van der Waals surface area contributed by atoms with Crippen molar-refractivity contribution in [2.24, 2.45) is 5.92 Å². The average Bonchev–Trinajstić information content (AvgIpc) is 2.75. The number of halogens is 3. The van der Waals surface area contributed by atoms with Crippen LogP contribution in [0.1, 0.15) is 31.2 Å². The van der Waals surface area contributed by atoms with Gasteiger partial charge < -0.3 is 5.32 Å². The molecule has 19 heavy (non-hydrogen) atoms. The third-order valence-electron chi connectivity index (χ3n) is 3.73. The Bertz CT molecular complexity index is 392. The van der Waals surface area contributed by atoms with Crippen molar-refractivity contribution in [2.75, 3.05) is 6.54 Å². The molecule has 0 bridgehead atoms. The van der Waals surface area contributed by atoms with Gasteiger partial charge >= 0.3 is 6.18 Å². The first-order chi connectivity index (χ1) is 8.95. The fraction of sp³-hybridized carbons (Fsp3) is 0.769. The van der Waals surface area contributed by atoms with Crippen molar-refractivity contribution in [3.63, 3.8) is 0 Å². The predicted molar refractivity (Wildman–Crippen MR) is 66.8 cm³/mol. The molecular formula is C13H20F3N3. The lowest BCUT2D eigenvalue weighted by Gasteiger charge is -2.30. The van der Waals surface area contributed by atoms with Crippen molar-refractivity contribution in [1.29, 1.82) is 0 Å². The zero-order chi connectivity index (χ0) is 13.9. The molecule has 1 N–H and O–H groups in total. The number of hydrogen-bond donors (Lipinski definition) is 1. The molecule has 0 radical (unpaired) electrons. The first kappa shape index (κ1) is 14.4. The second-order valence-corrected chi connectivity index (χ2v) is 5.33. The smallest absolute Gasteiger partial charge is 0.312 e. The summed E-state index contributed by atoms with van der Waals surface area (Å²) in [5, 5.41) is 7.49. The third kappa shape index (κ3) is 4.23. The number of alkyl halides is 3. The minimum absolute atomic E-state index is 0.218. The highest BCUT2D eigenvalue weighted by molar-refractivity contribution is 4.99. The standard InChI is InChI=1S/C13H20F3N3/c1-10-8-18-19(9-10)7-6-17-12-4-2-11(3-5-12)13(14,15)16/h8-9,11-12,17H,2-7H2,1H3. The Morgan fingerprint density at radius 2 is 2.00 bits per heavy atom. The van der Waals surface area contributed by atoms with E-state index in [1.807, 2.05) is 17.8 Å². The van der Waals surface area contributed by atoms with E-state index >= 15 is 0 Å². The summed E-state index contributed by atoms with van der Waals surface area (Å²) in [6.45, 7) is 3.49. The van der Waals surface area contributed by atoms with Crippen molar-refractivity contribution in [3.05, 3.63) is 18.0 Å². The predicted octanol–water partition coefficient (Wildman–Crippen LogP) is 2.90. The van der Waals surface area contributed by atoms with E-state index in [0.29, 0.717) is 12.8 Å². The molecule has 1 fully saturated rings. The van der Waals surface area contributed by atoms with Crippen LogP contribution in [0.2, 0.25) is 0 Å². The zero-order valence-electron chi connectivity index (χ0n) is 11.1. The van der Waals surface area contributed by atoms with Gasteiger partial charge in [0.2, 0.25) is 0 Å². The lowest BCUT2D eigenvalue weighted by molar-refractivity contribution is -0.182. The number of rotatable bonds is 4. The minimum atomic E-state index is -4.02. The molecule has 0 aliphatic heterocycles. The lowest BCUT2D eigenvalue weighted by atomic mass is 9.85. The second-order valence-electron chi connectivity index (χ2n) is 5.33. The van der Waals surface area contributed by atoms with Gasteiger partial charge in [-0.15, -0.1) is 0 Å². The number of aryl methyl sites for hydroxylation is 1. The van der Waals surface area contributed by atoms with Crippen LogP contribution >= 0.6 is 0 Å². The van der Waals surface area contributed by atoms with Gasteiger partial charge in [-0.1, -0.05) is 0 Å². The van der Waals surface area contributed by atoms with E-state index < -0.39 is 12.1 Å². The molecule has 0 amide bonds. The van der Waals surface area contributed by atoms with Crippen LogP contribution in [0.3, 0.4) is 0 Å². The maximum absolute atomic E-state index is 12.5. The molecular weight excluding hydrogens is 255 g/mol. The van der Waals surface area contributed by atoms with Crippen molar-refractivity contribution >= 4 is 0 Å². The molecule has 1 saturated carbocycles. The Labute approximate surface area is 111 Å². The fourth-order valence-electron chi connectivity index (χ4n) is 2.60. The van der Waals surface area contributed by atoms with E-state index in [9.17, 15) is 13.2 Å². The van der Waals surface area contributed by atoms with Gasteiger partial charge in [0, 0.05) is 18.8 Å². The molecule has 2 rings (SSSR count). The summed E-state index contributed by atoms with van der Waals surface area (Å²) in [5.41, 5.74) is 1.12. The van der Waals surface area contributed by atoms with E-state index in [1.165, 1.54) is 0 Å². The number of hydrogen-bond acceptors (Lipinski definition) is 2. The molecule has 0 aromatic carbocycles. The van der Waals surface area contributed by atoms with E-state index in [-0.39, 0.29) is 18.9 Å². The Morgan fingerprint density at radius 3 is 2.53 bits per heavy atom. The van der Waals surface area contributed by atoms with Gasteiger partial charge in [0.15, 0.2) is 0 Å². The highest BCUT2D eigenvalue weighted by Gasteiger charge is 2.41. The largest absolute Gasteiger partial charge is 0.391 e. The van der Waals surface area contributed by atoms with Crippen molar-refractivity contribution in [3.8, 4) is 0 Å². The molecule has 0 unspecified atom stereocenters. The molecule has 1 heterocycles. The maximum Gasteiger partial charge on any atom is 0.391 e. The molecule has 1 aliphatic rings. The number of aromatic nitrogens is 2. The van der Waals surface area contributed by atoms with E-state index in [4.69, 9.17) is 0 Å². The van der Waals surface area contributed by atoms with Gasteiger partial charge in [-0.05, 0) is 38.2 Å². The molecule has 0 spiro atoms. The van der Waals surface area contributed by atoms with E-state index in [0.717, 1.165) is 18.7 Å². The summed E-state index contributed by atoms with van der Waals surface area (Å²) >= 11 is 0. The van der Waals surface area contributed by atoms with Crippen molar-refractivity contribution in [1.82, 2.24) is 15.1 Å². The Morgan fingerprint density at radius 1 is 1.32 bits per heavy atom. The molecule has 3 nitrogen and oxygen atoms in total. The van der Waals surface area contributed by atoms with Gasteiger partial charge in [0.25, 0.3) is 0 Å². The highest BCUT2D eigenvalue weighted by atomic mass is 19.4.